The number of fused-ring (bicyclic) bond motifs is 2. The lowest BCUT2D eigenvalue weighted by Gasteiger charge is -2.26. The van der Waals surface area contributed by atoms with Crippen molar-refractivity contribution in [1.29, 1.82) is 0 Å². The van der Waals surface area contributed by atoms with Crippen molar-refractivity contribution >= 4 is 28.5 Å². The first-order valence-electron chi connectivity index (χ1n) is 9.90. The second kappa shape index (κ2) is 7.23. The largest absolute Gasteiger partial charge is 0.478 e. The van der Waals surface area contributed by atoms with Gasteiger partial charge in [-0.15, -0.1) is 0 Å². The lowest BCUT2D eigenvalue weighted by atomic mass is 9.80. The van der Waals surface area contributed by atoms with E-state index in [1.165, 1.54) is 5.56 Å². The number of aromatic nitrogens is 1. The van der Waals surface area contributed by atoms with E-state index in [1.807, 2.05) is 24.3 Å². The molecular weight excluding hydrogens is 346 g/mol. The molecule has 3 aromatic rings. The van der Waals surface area contributed by atoms with E-state index in [9.17, 15) is 9.90 Å². The van der Waals surface area contributed by atoms with Crippen LogP contribution in [0.2, 0.25) is 0 Å². The molecule has 3 heteroatoms. The van der Waals surface area contributed by atoms with Gasteiger partial charge in [0.05, 0.1) is 16.8 Å². The van der Waals surface area contributed by atoms with Gasteiger partial charge in [-0.25, -0.2) is 9.78 Å². The highest BCUT2D eigenvalue weighted by Gasteiger charge is 2.27. The predicted octanol–water partition coefficient (Wildman–Crippen LogP) is 6.18. The minimum Gasteiger partial charge on any atom is -0.478 e. The normalized spacial score (nSPS) is 17.9. The summed E-state index contributed by atoms with van der Waals surface area (Å²) in [6.07, 6.45) is 3.83. The van der Waals surface area contributed by atoms with Crippen LogP contribution in [0.5, 0.6) is 0 Å². The summed E-state index contributed by atoms with van der Waals surface area (Å²) in [6, 6.07) is 16.2. The number of nitrogens with zero attached hydrogens (tertiary/aromatic N) is 1. The predicted molar refractivity (Wildman–Crippen MR) is 115 cm³/mol. The molecule has 0 fully saturated rings. The van der Waals surface area contributed by atoms with Gasteiger partial charge < -0.3 is 5.11 Å². The van der Waals surface area contributed by atoms with Gasteiger partial charge >= 0.3 is 5.97 Å². The van der Waals surface area contributed by atoms with Crippen molar-refractivity contribution in [2.45, 2.75) is 39.5 Å². The molecule has 0 saturated carbocycles. The zero-order chi connectivity index (χ0) is 19.8. The smallest absolute Gasteiger partial charge is 0.336 e. The SMILES string of the molecule is CC1CC(=Cc2ccc(C(C)C)cc2)c2nc3ccccc3c(C(=O)O)c2C1. The molecule has 1 aromatic heterocycles. The van der Waals surface area contributed by atoms with Crippen LogP contribution in [-0.2, 0) is 6.42 Å². The number of carbonyl (C=O) groups is 1. The van der Waals surface area contributed by atoms with Crippen LogP contribution in [-0.4, -0.2) is 16.1 Å². The molecule has 1 N–H and O–H groups in total. The molecule has 0 spiro atoms. The lowest BCUT2D eigenvalue weighted by Crippen LogP contribution is -2.17. The molecule has 0 radical (unpaired) electrons. The highest BCUT2D eigenvalue weighted by Crippen LogP contribution is 2.38. The fourth-order valence-corrected chi connectivity index (χ4v) is 4.16. The molecular formula is C25H25NO2. The van der Waals surface area contributed by atoms with Crippen LogP contribution in [0.3, 0.4) is 0 Å². The Labute approximate surface area is 165 Å². The molecule has 1 atom stereocenters. The maximum Gasteiger partial charge on any atom is 0.336 e. The second-order valence-electron chi connectivity index (χ2n) is 8.14. The number of pyridine rings is 1. The summed E-state index contributed by atoms with van der Waals surface area (Å²) in [7, 11) is 0. The van der Waals surface area contributed by atoms with Crippen molar-refractivity contribution < 1.29 is 9.90 Å². The number of hydrogen-bond acceptors (Lipinski definition) is 2. The Bertz CT molecular complexity index is 1080. The molecule has 0 aliphatic heterocycles. The molecule has 0 bridgehead atoms. The molecule has 4 rings (SSSR count). The van der Waals surface area contributed by atoms with Crippen LogP contribution < -0.4 is 0 Å². The zero-order valence-corrected chi connectivity index (χ0v) is 16.6. The van der Waals surface area contributed by atoms with E-state index in [1.54, 1.807) is 0 Å². The lowest BCUT2D eigenvalue weighted by molar-refractivity contribution is 0.0697. The second-order valence-corrected chi connectivity index (χ2v) is 8.14. The third kappa shape index (κ3) is 3.33. The minimum atomic E-state index is -0.871. The summed E-state index contributed by atoms with van der Waals surface area (Å²) < 4.78 is 0. The molecule has 1 aliphatic carbocycles. The first-order valence-corrected chi connectivity index (χ1v) is 9.90. The summed E-state index contributed by atoms with van der Waals surface area (Å²) >= 11 is 0. The summed E-state index contributed by atoms with van der Waals surface area (Å²) in [4.78, 5) is 17.0. The number of carboxylic acid groups (broad SMARTS) is 1. The Morgan fingerprint density at radius 3 is 2.50 bits per heavy atom. The van der Waals surface area contributed by atoms with E-state index in [4.69, 9.17) is 4.98 Å². The van der Waals surface area contributed by atoms with Crippen molar-refractivity contribution in [2.24, 2.45) is 5.92 Å². The topological polar surface area (TPSA) is 50.2 Å². The molecule has 142 valence electrons. The average Bonchev–Trinajstić information content (AvgIpc) is 2.66. The highest BCUT2D eigenvalue weighted by atomic mass is 16.4. The number of hydrogen-bond donors (Lipinski definition) is 1. The molecule has 0 amide bonds. The third-order valence-electron chi connectivity index (χ3n) is 5.58. The number of allylic oxidation sites excluding steroid dienone is 1. The number of aromatic carboxylic acids is 1. The number of benzene rings is 2. The van der Waals surface area contributed by atoms with Crippen molar-refractivity contribution in [3.05, 3.63) is 76.5 Å². The quantitative estimate of drug-likeness (QED) is 0.598. The molecule has 1 aliphatic rings. The summed E-state index contributed by atoms with van der Waals surface area (Å²) in [5.74, 6) is 0.0163. The first-order chi connectivity index (χ1) is 13.4. The van der Waals surface area contributed by atoms with Crippen molar-refractivity contribution in [1.82, 2.24) is 4.98 Å². The Hall–Kier alpha value is -2.94. The Morgan fingerprint density at radius 1 is 1.11 bits per heavy atom. The summed E-state index contributed by atoms with van der Waals surface area (Å²) in [5, 5.41) is 10.7. The van der Waals surface area contributed by atoms with Gasteiger partial charge in [-0.3, -0.25) is 0 Å². The van der Waals surface area contributed by atoms with E-state index >= 15 is 0 Å². The number of para-hydroxylation sites is 1. The molecule has 1 heterocycles. The Balaban J connectivity index is 1.90. The standard InChI is InChI=1S/C25H25NO2/c1-15(2)18-10-8-17(9-11-18)14-19-12-16(3)13-21-23(25(27)28)20-6-4-5-7-22(20)26-24(19)21/h4-11,14-16H,12-13H2,1-3H3,(H,27,28). The summed E-state index contributed by atoms with van der Waals surface area (Å²) in [5.41, 5.74) is 6.45. The maximum absolute atomic E-state index is 12.1. The van der Waals surface area contributed by atoms with E-state index < -0.39 is 5.97 Å². The molecule has 1 unspecified atom stereocenters. The Morgan fingerprint density at radius 2 is 1.82 bits per heavy atom. The van der Waals surface area contributed by atoms with Gasteiger partial charge in [0, 0.05) is 5.39 Å². The Kier molecular flexibility index (Phi) is 4.76. The van der Waals surface area contributed by atoms with Crippen molar-refractivity contribution in [3.8, 4) is 0 Å². The van der Waals surface area contributed by atoms with Crippen LogP contribution in [0.15, 0.2) is 48.5 Å². The third-order valence-corrected chi connectivity index (χ3v) is 5.58. The van der Waals surface area contributed by atoms with Crippen LogP contribution in [0.1, 0.15) is 65.9 Å². The van der Waals surface area contributed by atoms with Gasteiger partial charge in [-0.2, -0.15) is 0 Å². The highest BCUT2D eigenvalue weighted by molar-refractivity contribution is 6.05. The van der Waals surface area contributed by atoms with Gasteiger partial charge in [0.1, 0.15) is 0 Å². The zero-order valence-electron chi connectivity index (χ0n) is 16.6. The fourth-order valence-electron chi connectivity index (χ4n) is 4.16. The minimum absolute atomic E-state index is 0.384. The molecule has 28 heavy (non-hydrogen) atoms. The summed E-state index contributed by atoms with van der Waals surface area (Å²) in [6.45, 7) is 6.56. The van der Waals surface area contributed by atoms with Gasteiger partial charge in [0.15, 0.2) is 0 Å². The van der Waals surface area contributed by atoms with E-state index in [2.05, 4.69) is 51.1 Å². The van der Waals surface area contributed by atoms with Gasteiger partial charge in [-0.05, 0) is 59.1 Å². The van der Waals surface area contributed by atoms with Gasteiger partial charge in [0.25, 0.3) is 0 Å². The number of carboxylic acids is 1. The fraction of sp³-hybridized carbons (Fsp3) is 0.280. The molecule has 0 saturated heterocycles. The monoisotopic (exact) mass is 371 g/mol. The average molecular weight is 371 g/mol. The molecule has 2 aromatic carbocycles. The van der Waals surface area contributed by atoms with E-state index in [-0.39, 0.29) is 0 Å². The van der Waals surface area contributed by atoms with Crippen molar-refractivity contribution in [2.75, 3.05) is 0 Å². The number of rotatable bonds is 3. The van der Waals surface area contributed by atoms with Crippen LogP contribution in [0, 0.1) is 5.92 Å². The van der Waals surface area contributed by atoms with Gasteiger partial charge in [-0.1, -0.05) is 63.2 Å². The van der Waals surface area contributed by atoms with Crippen molar-refractivity contribution in [3.63, 3.8) is 0 Å². The van der Waals surface area contributed by atoms with Gasteiger partial charge in [0.2, 0.25) is 0 Å². The van der Waals surface area contributed by atoms with Crippen LogP contribution in [0.25, 0.3) is 22.6 Å². The van der Waals surface area contributed by atoms with E-state index in [0.29, 0.717) is 17.4 Å². The first kappa shape index (κ1) is 18.4. The molecule has 3 nitrogen and oxygen atoms in total. The maximum atomic E-state index is 12.1. The van der Waals surface area contributed by atoms with Crippen LogP contribution >= 0.6 is 0 Å². The van der Waals surface area contributed by atoms with Crippen LogP contribution in [0.4, 0.5) is 0 Å². The van der Waals surface area contributed by atoms with E-state index in [0.717, 1.165) is 46.1 Å².